The van der Waals surface area contributed by atoms with Gasteiger partial charge in [0.05, 0.1) is 25.7 Å². The maximum absolute atomic E-state index is 12.3. The molecule has 0 heterocycles. The topological polar surface area (TPSA) is 93.9 Å². The first kappa shape index (κ1) is 20.5. The van der Waals surface area contributed by atoms with Crippen molar-refractivity contribution >= 4 is 28.9 Å². The molecule has 9 heteroatoms. The van der Waals surface area contributed by atoms with Gasteiger partial charge in [0.15, 0.2) is 0 Å². The Labute approximate surface area is 161 Å². The monoisotopic (exact) mass is 393 g/mol. The molecular weight excluding hydrogens is 374 g/mol. The molecule has 2 aromatic carbocycles. The number of rotatable bonds is 8. The molecule has 0 aromatic heterocycles. The molecule has 0 atom stereocenters. The molecule has 0 spiro atoms. The second kappa shape index (κ2) is 9.20. The van der Waals surface area contributed by atoms with E-state index in [2.05, 4.69) is 5.32 Å². The molecule has 0 aliphatic rings. The lowest BCUT2D eigenvalue weighted by atomic mass is 10.1. The fraction of sp³-hybridized carbons (Fsp3) is 0.278. The molecule has 0 fully saturated rings. The van der Waals surface area contributed by atoms with Gasteiger partial charge in [0.2, 0.25) is 5.91 Å². The molecule has 0 aliphatic heterocycles. The normalized spacial score (nSPS) is 10.6. The summed E-state index contributed by atoms with van der Waals surface area (Å²) in [5, 5.41) is 13.9. The van der Waals surface area contributed by atoms with Gasteiger partial charge in [-0.2, -0.15) is 0 Å². The van der Waals surface area contributed by atoms with Crippen LogP contribution in [0.3, 0.4) is 0 Å². The number of nitro benzene ring substituents is 1. The Kier molecular flexibility index (Phi) is 6.98. The van der Waals surface area contributed by atoms with Crippen molar-refractivity contribution in [3.8, 4) is 11.5 Å². The van der Waals surface area contributed by atoms with Crippen LogP contribution in [0.1, 0.15) is 5.56 Å². The Morgan fingerprint density at radius 3 is 2.59 bits per heavy atom. The predicted octanol–water partition coefficient (Wildman–Crippen LogP) is 3.34. The van der Waals surface area contributed by atoms with Gasteiger partial charge < -0.3 is 14.8 Å². The van der Waals surface area contributed by atoms with E-state index in [9.17, 15) is 14.9 Å². The minimum Gasteiger partial charge on any atom is -0.497 e. The summed E-state index contributed by atoms with van der Waals surface area (Å²) in [7, 11) is 4.89. The molecule has 0 saturated carbocycles. The molecule has 0 radical (unpaired) electrons. The van der Waals surface area contributed by atoms with Crippen molar-refractivity contribution in [3.63, 3.8) is 0 Å². The second-order valence-corrected chi connectivity index (χ2v) is 6.25. The zero-order valence-corrected chi connectivity index (χ0v) is 15.9. The molecule has 2 rings (SSSR count). The molecular formula is C18H20ClN3O5. The van der Waals surface area contributed by atoms with E-state index in [4.69, 9.17) is 21.1 Å². The molecule has 2 aromatic rings. The Hall–Kier alpha value is -2.84. The van der Waals surface area contributed by atoms with E-state index in [0.29, 0.717) is 18.0 Å². The van der Waals surface area contributed by atoms with Gasteiger partial charge in [0.25, 0.3) is 5.69 Å². The summed E-state index contributed by atoms with van der Waals surface area (Å²) in [6, 6.07) is 9.52. The first-order valence-electron chi connectivity index (χ1n) is 7.97. The Balaban J connectivity index is 2.03. The minimum atomic E-state index is -0.590. The average molecular weight is 394 g/mol. The molecule has 0 unspecified atom stereocenters. The van der Waals surface area contributed by atoms with Crippen molar-refractivity contribution < 1.29 is 19.2 Å². The van der Waals surface area contributed by atoms with E-state index < -0.39 is 4.92 Å². The minimum absolute atomic E-state index is 0.0367. The number of ether oxygens (including phenoxy) is 2. The van der Waals surface area contributed by atoms with Crippen molar-refractivity contribution in [1.29, 1.82) is 0 Å². The number of amides is 1. The lowest BCUT2D eigenvalue weighted by molar-refractivity contribution is -0.383. The summed E-state index contributed by atoms with van der Waals surface area (Å²) in [4.78, 5) is 24.5. The lowest BCUT2D eigenvalue weighted by Crippen LogP contribution is -2.30. The number of nitrogens with zero attached hydrogens (tertiary/aromatic N) is 2. The van der Waals surface area contributed by atoms with Gasteiger partial charge in [-0.05, 0) is 25.2 Å². The van der Waals surface area contributed by atoms with Crippen molar-refractivity contribution in [2.45, 2.75) is 6.54 Å². The third kappa shape index (κ3) is 5.57. The number of anilines is 1. The first-order chi connectivity index (χ1) is 12.8. The van der Waals surface area contributed by atoms with E-state index in [1.54, 1.807) is 32.2 Å². The highest BCUT2D eigenvalue weighted by molar-refractivity contribution is 6.31. The largest absolute Gasteiger partial charge is 0.497 e. The van der Waals surface area contributed by atoms with E-state index in [1.807, 2.05) is 12.1 Å². The van der Waals surface area contributed by atoms with E-state index >= 15 is 0 Å². The van der Waals surface area contributed by atoms with Crippen LogP contribution in [0.25, 0.3) is 0 Å². The van der Waals surface area contributed by atoms with Crippen LogP contribution in [0.4, 0.5) is 11.4 Å². The van der Waals surface area contributed by atoms with Crippen LogP contribution in [0.2, 0.25) is 5.02 Å². The number of benzene rings is 2. The number of likely N-dealkylation sites (N-methyl/N-ethyl adjacent to an activating group) is 1. The van der Waals surface area contributed by atoms with Gasteiger partial charge in [0, 0.05) is 29.3 Å². The molecule has 144 valence electrons. The fourth-order valence-electron chi connectivity index (χ4n) is 2.53. The number of hydrogen-bond donors (Lipinski definition) is 1. The van der Waals surface area contributed by atoms with Gasteiger partial charge in [-0.15, -0.1) is 0 Å². The second-order valence-electron chi connectivity index (χ2n) is 5.82. The van der Waals surface area contributed by atoms with Crippen LogP contribution in [-0.4, -0.2) is 43.5 Å². The smallest absolute Gasteiger partial charge is 0.294 e. The maximum atomic E-state index is 12.3. The van der Waals surface area contributed by atoms with Gasteiger partial charge in [-0.3, -0.25) is 19.8 Å². The van der Waals surface area contributed by atoms with Crippen LogP contribution < -0.4 is 14.8 Å². The van der Waals surface area contributed by atoms with E-state index in [-0.39, 0.29) is 28.8 Å². The number of carbonyl (C=O) groups excluding carboxylic acids is 1. The van der Waals surface area contributed by atoms with Crippen LogP contribution in [0.5, 0.6) is 11.5 Å². The molecule has 8 nitrogen and oxygen atoms in total. The van der Waals surface area contributed by atoms with Gasteiger partial charge >= 0.3 is 0 Å². The maximum Gasteiger partial charge on any atom is 0.294 e. The van der Waals surface area contributed by atoms with Gasteiger partial charge in [0.1, 0.15) is 17.2 Å². The number of methoxy groups -OCH3 is 2. The van der Waals surface area contributed by atoms with Crippen molar-refractivity contribution in [1.82, 2.24) is 4.90 Å². The van der Waals surface area contributed by atoms with E-state index in [1.165, 1.54) is 18.2 Å². The van der Waals surface area contributed by atoms with Crippen LogP contribution in [-0.2, 0) is 11.3 Å². The zero-order chi connectivity index (χ0) is 20.0. The Morgan fingerprint density at radius 2 is 1.96 bits per heavy atom. The molecule has 0 aliphatic carbocycles. The molecule has 1 N–H and O–H groups in total. The van der Waals surface area contributed by atoms with Gasteiger partial charge in [-0.1, -0.05) is 17.7 Å². The summed E-state index contributed by atoms with van der Waals surface area (Å²) >= 11 is 5.78. The predicted molar refractivity (Wildman–Crippen MR) is 103 cm³/mol. The average Bonchev–Trinajstić information content (AvgIpc) is 2.63. The molecule has 0 bridgehead atoms. The first-order valence-corrected chi connectivity index (χ1v) is 8.35. The summed E-state index contributed by atoms with van der Waals surface area (Å²) < 4.78 is 10.5. The highest BCUT2D eigenvalue weighted by Gasteiger charge is 2.18. The summed E-state index contributed by atoms with van der Waals surface area (Å²) in [6.45, 7) is 0.484. The molecule has 27 heavy (non-hydrogen) atoms. The van der Waals surface area contributed by atoms with Crippen molar-refractivity contribution in [3.05, 3.63) is 57.1 Å². The highest BCUT2D eigenvalue weighted by atomic mass is 35.5. The number of hydrogen-bond acceptors (Lipinski definition) is 6. The third-order valence-electron chi connectivity index (χ3n) is 3.78. The van der Waals surface area contributed by atoms with Crippen molar-refractivity contribution in [2.24, 2.45) is 0 Å². The molecule has 0 saturated heterocycles. The Morgan fingerprint density at radius 1 is 1.22 bits per heavy atom. The van der Waals surface area contributed by atoms with Crippen LogP contribution >= 0.6 is 11.6 Å². The number of halogens is 1. The van der Waals surface area contributed by atoms with Crippen LogP contribution in [0.15, 0.2) is 36.4 Å². The fourth-order valence-corrected chi connectivity index (χ4v) is 2.69. The number of nitrogens with one attached hydrogen (secondary N) is 1. The summed E-state index contributed by atoms with van der Waals surface area (Å²) in [5.74, 6) is 0.941. The number of nitro groups is 1. The molecule has 1 amide bonds. The SMILES string of the molecule is COc1ccc(CN(C)CC(=O)Nc2ccc(Cl)cc2[N+](=O)[O-])c(OC)c1. The Bertz CT molecular complexity index is 844. The summed E-state index contributed by atoms with van der Waals surface area (Å²) in [5.41, 5.74) is 0.728. The summed E-state index contributed by atoms with van der Waals surface area (Å²) in [6.07, 6.45) is 0. The standard InChI is InChI=1S/C18H20ClN3O5/c1-21(10-12-4-6-14(26-2)9-17(12)27-3)11-18(23)20-15-7-5-13(19)8-16(15)22(24)25/h4-9H,10-11H2,1-3H3,(H,20,23). The van der Waals surface area contributed by atoms with Gasteiger partial charge in [-0.25, -0.2) is 0 Å². The van der Waals surface area contributed by atoms with Crippen LogP contribution in [0, 0.1) is 10.1 Å². The van der Waals surface area contributed by atoms with Crippen molar-refractivity contribution in [2.75, 3.05) is 33.1 Å². The third-order valence-corrected chi connectivity index (χ3v) is 4.01. The highest BCUT2D eigenvalue weighted by Crippen LogP contribution is 2.28. The lowest BCUT2D eigenvalue weighted by Gasteiger charge is -2.18. The van der Waals surface area contributed by atoms with E-state index in [0.717, 1.165) is 5.56 Å². The zero-order valence-electron chi connectivity index (χ0n) is 15.2. The quantitative estimate of drug-likeness (QED) is 0.546. The number of carbonyl (C=O) groups is 1.